The Labute approximate surface area is 247 Å². The Morgan fingerprint density at radius 3 is 1.81 bits per heavy atom. The minimum absolute atomic E-state index is 0. The first-order valence-electron chi connectivity index (χ1n) is 14.2. The second kappa shape index (κ2) is 22.6. The number of carbonyl (C=O) groups excluding carboxylic acids is 1. The maximum absolute atomic E-state index is 12.8. The second-order valence-electron chi connectivity index (χ2n) is 10.3. The van der Waals surface area contributed by atoms with Crippen molar-refractivity contribution in [3.8, 4) is 0 Å². The largest absolute Gasteiger partial charge is 1.00 e. The molecule has 37 heavy (non-hydrogen) atoms. The first-order chi connectivity index (χ1) is 17.3. The Balaban J connectivity index is 0.0000130. The number of carboxylic acid groups (broad SMARTS) is 1. The molecule has 1 rings (SSSR count). The summed E-state index contributed by atoms with van der Waals surface area (Å²) in [6, 6.07) is 7.23. The first-order valence-corrected chi connectivity index (χ1v) is 14.2. The maximum atomic E-state index is 12.8. The van der Waals surface area contributed by atoms with E-state index >= 15 is 0 Å². The van der Waals surface area contributed by atoms with Gasteiger partial charge in [0.1, 0.15) is 12.1 Å². The van der Waals surface area contributed by atoms with E-state index in [0.717, 1.165) is 24.8 Å². The number of rotatable bonds is 21. The van der Waals surface area contributed by atoms with Crippen molar-refractivity contribution in [1.29, 1.82) is 0 Å². The molecule has 0 heterocycles. The van der Waals surface area contributed by atoms with E-state index in [-0.39, 0.29) is 47.8 Å². The van der Waals surface area contributed by atoms with Crippen molar-refractivity contribution < 1.29 is 49.4 Å². The van der Waals surface area contributed by atoms with Crippen molar-refractivity contribution in [1.82, 2.24) is 5.32 Å². The normalized spacial score (nSPS) is 13.1. The number of nitrogens with zero attached hydrogens (tertiary/aromatic N) is 1. The molecule has 2 N–H and O–H groups in total. The summed E-state index contributed by atoms with van der Waals surface area (Å²) in [4.78, 5) is 28.6. The molecule has 0 saturated carbocycles. The van der Waals surface area contributed by atoms with Gasteiger partial charge in [-0.3, -0.25) is 9.79 Å². The zero-order chi connectivity index (χ0) is 26.6. The summed E-state index contributed by atoms with van der Waals surface area (Å²) < 4.78 is 0. The summed E-state index contributed by atoms with van der Waals surface area (Å²) >= 11 is 0. The van der Waals surface area contributed by atoms with Gasteiger partial charge in [-0.15, -0.1) is 0 Å². The van der Waals surface area contributed by atoms with Crippen LogP contribution < -0.4 is 40.0 Å². The van der Waals surface area contributed by atoms with Crippen molar-refractivity contribution in [2.45, 2.75) is 129 Å². The molecule has 0 aliphatic rings. The quantitative estimate of drug-likeness (QED) is 0.112. The Morgan fingerprint density at radius 2 is 1.35 bits per heavy atom. The maximum Gasteiger partial charge on any atom is 1.00 e. The SMILES string of the molecule is CCCCCCCCCCCCCCCC([O-])=NC(C(=O)NC(Cc1ccccc1)C(=O)O)C(C)C.[Na+]. The predicted octanol–water partition coefficient (Wildman–Crippen LogP) is 3.07. The van der Waals surface area contributed by atoms with Gasteiger partial charge in [0.05, 0.1) is 0 Å². The topological polar surface area (TPSA) is 102 Å². The number of hydrogen-bond donors (Lipinski definition) is 2. The fourth-order valence-corrected chi connectivity index (χ4v) is 4.33. The number of nitrogens with one attached hydrogen (secondary N) is 1. The molecule has 1 aromatic rings. The van der Waals surface area contributed by atoms with Crippen LogP contribution in [0, 0.1) is 5.92 Å². The molecule has 1 aromatic carbocycles. The monoisotopic (exact) mass is 524 g/mol. The van der Waals surface area contributed by atoms with E-state index in [9.17, 15) is 19.8 Å². The number of hydrogen-bond acceptors (Lipinski definition) is 4. The number of unbranched alkanes of at least 4 members (excludes halogenated alkanes) is 12. The van der Waals surface area contributed by atoms with E-state index in [1.165, 1.54) is 64.2 Å². The van der Waals surface area contributed by atoms with Crippen LogP contribution in [0.1, 0.15) is 116 Å². The molecule has 7 heteroatoms. The third-order valence-electron chi connectivity index (χ3n) is 6.57. The second-order valence-corrected chi connectivity index (χ2v) is 10.3. The molecule has 0 bridgehead atoms. The van der Waals surface area contributed by atoms with Crippen LogP contribution in [-0.4, -0.2) is 35.0 Å². The zero-order valence-electron chi connectivity index (χ0n) is 23.8. The molecule has 0 fully saturated rings. The van der Waals surface area contributed by atoms with Gasteiger partial charge in [-0.25, -0.2) is 4.79 Å². The third-order valence-corrected chi connectivity index (χ3v) is 6.57. The summed E-state index contributed by atoms with van der Waals surface area (Å²) in [7, 11) is 0. The minimum atomic E-state index is -1.10. The number of aliphatic imine (C=N–C) groups is 1. The summed E-state index contributed by atoms with van der Waals surface area (Å²) in [5, 5.41) is 24.6. The van der Waals surface area contributed by atoms with Crippen LogP contribution in [0.5, 0.6) is 0 Å². The Hall–Kier alpha value is -1.37. The fourth-order valence-electron chi connectivity index (χ4n) is 4.33. The number of carboxylic acids is 1. The van der Waals surface area contributed by atoms with Crippen molar-refractivity contribution in [3.63, 3.8) is 0 Å². The van der Waals surface area contributed by atoms with E-state index in [2.05, 4.69) is 17.2 Å². The van der Waals surface area contributed by atoms with Crippen LogP contribution in [0.3, 0.4) is 0 Å². The Bertz CT molecular complexity index is 755. The van der Waals surface area contributed by atoms with Gasteiger partial charge in [0, 0.05) is 6.42 Å². The fraction of sp³-hybridized carbons (Fsp3) is 0.700. The summed E-state index contributed by atoms with van der Waals surface area (Å²) in [5.41, 5.74) is 0.821. The van der Waals surface area contributed by atoms with Gasteiger partial charge in [0.25, 0.3) is 0 Å². The van der Waals surface area contributed by atoms with Crippen LogP contribution in [0.4, 0.5) is 0 Å². The molecule has 1 amide bonds. The third kappa shape index (κ3) is 17.7. The minimum Gasteiger partial charge on any atom is -0.862 e. The molecule has 0 radical (unpaired) electrons. The smallest absolute Gasteiger partial charge is 0.862 e. The molecule has 6 nitrogen and oxygen atoms in total. The van der Waals surface area contributed by atoms with Gasteiger partial charge < -0.3 is 15.5 Å². The van der Waals surface area contributed by atoms with Crippen LogP contribution in [0.25, 0.3) is 0 Å². The van der Waals surface area contributed by atoms with Crippen LogP contribution in [0.15, 0.2) is 35.3 Å². The molecule has 2 atom stereocenters. The van der Waals surface area contributed by atoms with Crippen molar-refractivity contribution in [2.75, 3.05) is 0 Å². The Morgan fingerprint density at radius 1 is 0.865 bits per heavy atom. The molecule has 204 valence electrons. The number of aliphatic carboxylic acids is 1. The molecule has 0 saturated heterocycles. The van der Waals surface area contributed by atoms with Gasteiger partial charge in [-0.1, -0.05) is 128 Å². The zero-order valence-corrected chi connectivity index (χ0v) is 25.8. The van der Waals surface area contributed by atoms with Crippen LogP contribution >= 0.6 is 0 Å². The molecule has 2 unspecified atom stereocenters. The summed E-state index contributed by atoms with van der Waals surface area (Å²) in [5.74, 6) is -2.09. The predicted molar refractivity (Wildman–Crippen MR) is 146 cm³/mol. The van der Waals surface area contributed by atoms with Gasteiger partial charge in [0.15, 0.2) is 0 Å². The van der Waals surface area contributed by atoms with Crippen molar-refractivity contribution >= 4 is 17.8 Å². The van der Waals surface area contributed by atoms with Crippen LogP contribution in [0.2, 0.25) is 0 Å². The average molecular weight is 525 g/mol. The van der Waals surface area contributed by atoms with E-state index in [4.69, 9.17) is 0 Å². The molecule has 0 spiro atoms. The van der Waals surface area contributed by atoms with E-state index in [1.54, 1.807) is 0 Å². The molecule has 0 aliphatic heterocycles. The molecule has 0 aliphatic carbocycles. The van der Waals surface area contributed by atoms with Gasteiger partial charge in [0.2, 0.25) is 5.91 Å². The van der Waals surface area contributed by atoms with E-state index in [1.807, 2.05) is 44.2 Å². The summed E-state index contributed by atoms with van der Waals surface area (Å²) in [6.07, 6.45) is 16.6. The van der Waals surface area contributed by atoms with Crippen LogP contribution in [-0.2, 0) is 16.0 Å². The number of carbonyl (C=O) groups is 2. The van der Waals surface area contributed by atoms with Crippen molar-refractivity contribution in [3.05, 3.63) is 35.9 Å². The van der Waals surface area contributed by atoms with Gasteiger partial charge >= 0.3 is 35.5 Å². The summed E-state index contributed by atoms with van der Waals surface area (Å²) in [6.45, 7) is 5.89. The average Bonchev–Trinajstić information content (AvgIpc) is 2.85. The van der Waals surface area contributed by atoms with Crippen molar-refractivity contribution in [2.24, 2.45) is 10.9 Å². The number of benzene rings is 1. The standard InChI is InChI=1S/C30H50N2O4.Na/c1-4-5-6-7-8-9-10-11-12-13-14-15-19-22-27(33)32-28(24(2)3)29(34)31-26(30(35)36)23-25-20-17-16-18-21-25;/h16-18,20-21,24,26,28H,4-15,19,22-23H2,1-3H3,(H,31,34)(H,32,33)(H,35,36);/q;+1/p-1. The number of amides is 1. The first kappa shape index (κ1) is 35.6. The Kier molecular flexibility index (Phi) is 21.8. The van der Waals surface area contributed by atoms with Gasteiger partial charge in [-0.05, 0) is 30.2 Å². The van der Waals surface area contributed by atoms with E-state index < -0.39 is 24.0 Å². The molecular weight excluding hydrogens is 475 g/mol. The van der Waals surface area contributed by atoms with Gasteiger partial charge in [-0.2, -0.15) is 0 Å². The van der Waals surface area contributed by atoms with E-state index in [0.29, 0.717) is 6.42 Å². The molecule has 0 aromatic heterocycles. The molecular formula is C30H49N2NaO4.